The summed E-state index contributed by atoms with van der Waals surface area (Å²) in [6.07, 6.45) is 9.65. The smallest absolute Gasteiger partial charge is 0.0833 e. The first-order chi connectivity index (χ1) is 4.31. The standard InChI is InChI=1S/C8H10O/c1-3-5-7-8(9)6-4-2/h2-3,5,7-9H,1,6H2/b7-5+. The first-order valence-electron chi connectivity index (χ1n) is 2.72. The highest BCUT2D eigenvalue weighted by molar-refractivity contribution is 5.03. The molecule has 0 aliphatic carbocycles. The van der Waals surface area contributed by atoms with Gasteiger partial charge in [-0.3, -0.25) is 0 Å². The summed E-state index contributed by atoms with van der Waals surface area (Å²) in [6, 6.07) is 0. The van der Waals surface area contributed by atoms with E-state index < -0.39 is 6.10 Å². The van der Waals surface area contributed by atoms with Gasteiger partial charge >= 0.3 is 0 Å². The van der Waals surface area contributed by atoms with Crippen molar-refractivity contribution < 1.29 is 5.11 Å². The lowest BCUT2D eigenvalue weighted by Crippen LogP contribution is -1.98. The molecule has 0 saturated carbocycles. The molecule has 0 rings (SSSR count). The van der Waals surface area contributed by atoms with Gasteiger partial charge in [0.05, 0.1) is 6.10 Å². The monoisotopic (exact) mass is 122 g/mol. The highest BCUT2D eigenvalue weighted by Gasteiger charge is 1.91. The molecular weight excluding hydrogens is 112 g/mol. The number of hydrogen-bond donors (Lipinski definition) is 1. The molecule has 1 unspecified atom stereocenters. The Balaban J connectivity index is 3.51. The fourth-order valence-corrected chi connectivity index (χ4v) is 0.396. The molecular formula is C8H10O. The Kier molecular flexibility index (Phi) is 4.57. The Morgan fingerprint density at radius 3 is 2.89 bits per heavy atom. The summed E-state index contributed by atoms with van der Waals surface area (Å²) < 4.78 is 0. The zero-order chi connectivity index (χ0) is 7.11. The third-order valence-electron chi connectivity index (χ3n) is 0.796. The summed E-state index contributed by atoms with van der Waals surface area (Å²) in [5.74, 6) is 2.34. The van der Waals surface area contributed by atoms with Crippen molar-refractivity contribution in [2.75, 3.05) is 0 Å². The van der Waals surface area contributed by atoms with Gasteiger partial charge < -0.3 is 5.11 Å². The third kappa shape index (κ3) is 4.86. The summed E-state index contributed by atoms with van der Waals surface area (Å²) in [5, 5.41) is 8.90. The fraction of sp³-hybridized carbons (Fsp3) is 0.250. The Bertz CT molecular complexity index is 139. The summed E-state index contributed by atoms with van der Waals surface area (Å²) in [6.45, 7) is 3.44. The molecule has 0 aromatic rings. The van der Waals surface area contributed by atoms with Gasteiger partial charge in [-0.2, -0.15) is 0 Å². The lowest BCUT2D eigenvalue weighted by Gasteiger charge is -1.95. The zero-order valence-corrected chi connectivity index (χ0v) is 5.25. The number of rotatable bonds is 3. The van der Waals surface area contributed by atoms with Crippen molar-refractivity contribution in [1.82, 2.24) is 0 Å². The van der Waals surface area contributed by atoms with E-state index in [1.165, 1.54) is 0 Å². The third-order valence-corrected chi connectivity index (χ3v) is 0.796. The zero-order valence-electron chi connectivity index (χ0n) is 5.25. The van der Waals surface area contributed by atoms with Gasteiger partial charge in [0.1, 0.15) is 0 Å². The fourth-order valence-electron chi connectivity index (χ4n) is 0.396. The second-order valence-electron chi connectivity index (χ2n) is 1.60. The van der Waals surface area contributed by atoms with Crippen LogP contribution in [-0.4, -0.2) is 11.2 Å². The number of terminal acetylenes is 1. The molecule has 0 bridgehead atoms. The molecule has 0 saturated heterocycles. The van der Waals surface area contributed by atoms with Crippen LogP contribution in [0.5, 0.6) is 0 Å². The van der Waals surface area contributed by atoms with Crippen LogP contribution in [0.4, 0.5) is 0 Å². The van der Waals surface area contributed by atoms with Gasteiger partial charge in [-0.1, -0.05) is 24.8 Å². The summed E-state index contributed by atoms with van der Waals surface area (Å²) >= 11 is 0. The van der Waals surface area contributed by atoms with Crippen LogP contribution in [0.1, 0.15) is 6.42 Å². The maximum Gasteiger partial charge on any atom is 0.0833 e. The molecule has 0 spiro atoms. The van der Waals surface area contributed by atoms with Crippen molar-refractivity contribution >= 4 is 0 Å². The highest BCUT2D eigenvalue weighted by atomic mass is 16.3. The normalized spacial score (nSPS) is 12.9. The molecule has 0 radical (unpaired) electrons. The molecule has 1 N–H and O–H groups in total. The summed E-state index contributed by atoms with van der Waals surface area (Å²) in [5.41, 5.74) is 0. The molecule has 0 aliphatic rings. The van der Waals surface area contributed by atoms with E-state index >= 15 is 0 Å². The molecule has 0 aliphatic heterocycles. The molecule has 1 nitrogen and oxygen atoms in total. The molecule has 0 heterocycles. The quantitative estimate of drug-likeness (QED) is 0.439. The Hall–Kier alpha value is -1.00. The summed E-state index contributed by atoms with van der Waals surface area (Å²) in [4.78, 5) is 0. The van der Waals surface area contributed by atoms with Crippen LogP contribution in [0.25, 0.3) is 0 Å². The predicted molar refractivity (Wildman–Crippen MR) is 38.8 cm³/mol. The van der Waals surface area contributed by atoms with Crippen LogP contribution >= 0.6 is 0 Å². The molecule has 0 fully saturated rings. The van der Waals surface area contributed by atoms with Crippen molar-refractivity contribution in [1.29, 1.82) is 0 Å². The van der Waals surface area contributed by atoms with Gasteiger partial charge in [0.25, 0.3) is 0 Å². The van der Waals surface area contributed by atoms with Gasteiger partial charge in [0.15, 0.2) is 0 Å². The van der Waals surface area contributed by atoms with Gasteiger partial charge in [0, 0.05) is 6.42 Å². The van der Waals surface area contributed by atoms with Crippen molar-refractivity contribution in [2.24, 2.45) is 0 Å². The Morgan fingerprint density at radius 2 is 2.44 bits per heavy atom. The van der Waals surface area contributed by atoms with Crippen molar-refractivity contribution in [2.45, 2.75) is 12.5 Å². The second kappa shape index (κ2) is 5.14. The van der Waals surface area contributed by atoms with Gasteiger partial charge in [-0.15, -0.1) is 12.3 Å². The van der Waals surface area contributed by atoms with E-state index in [0.717, 1.165) is 0 Å². The average Bonchev–Trinajstić information content (AvgIpc) is 1.85. The van der Waals surface area contributed by atoms with Crippen LogP contribution in [-0.2, 0) is 0 Å². The van der Waals surface area contributed by atoms with E-state index in [1.54, 1.807) is 18.2 Å². The van der Waals surface area contributed by atoms with Crippen LogP contribution < -0.4 is 0 Å². The van der Waals surface area contributed by atoms with Crippen molar-refractivity contribution in [3.8, 4) is 12.3 Å². The van der Waals surface area contributed by atoms with E-state index in [-0.39, 0.29) is 0 Å². The molecule has 48 valence electrons. The average molecular weight is 122 g/mol. The van der Waals surface area contributed by atoms with Crippen LogP contribution in [0.2, 0.25) is 0 Å². The van der Waals surface area contributed by atoms with E-state index in [1.807, 2.05) is 0 Å². The molecule has 0 amide bonds. The Morgan fingerprint density at radius 1 is 1.78 bits per heavy atom. The number of hydrogen-bond acceptors (Lipinski definition) is 1. The predicted octanol–water partition coefficient (Wildman–Crippen LogP) is 1.11. The second-order valence-corrected chi connectivity index (χ2v) is 1.60. The van der Waals surface area contributed by atoms with Gasteiger partial charge in [-0.25, -0.2) is 0 Å². The van der Waals surface area contributed by atoms with E-state index in [9.17, 15) is 0 Å². The lowest BCUT2D eigenvalue weighted by molar-refractivity contribution is 0.229. The Labute approximate surface area is 55.7 Å². The lowest BCUT2D eigenvalue weighted by atomic mass is 10.2. The summed E-state index contributed by atoms with van der Waals surface area (Å²) in [7, 11) is 0. The van der Waals surface area contributed by atoms with Crippen LogP contribution in [0.3, 0.4) is 0 Å². The topological polar surface area (TPSA) is 20.2 Å². The first kappa shape index (κ1) is 8.00. The number of aliphatic hydroxyl groups is 1. The molecule has 9 heavy (non-hydrogen) atoms. The van der Waals surface area contributed by atoms with E-state index in [2.05, 4.69) is 12.5 Å². The van der Waals surface area contributed by atoms with Crippen molar-refractivity contribution in [3.63, 3.8) is 0 Å². The van der Waals surface area contributed by atoms with Crippen LogP contribution in [0.15, 0.2) is 24.8 Å². The van der Waals surface area contributed by atoms with E-state index in [4.69, 9.17) is 11.5 Å². The van der Waals surface area contributed by atoms with Gasteiger partial charge in [-0.05, 0) is 0 Å². The number of aliphatic hydroxyl groups excluding tert-OH is 1. The largest absolute Gasteiger partial charge is 0.388 e. The van der Waals surface area contributed by atoms with Gasteiger partial charge in [0.2, 0.25) is 0 Å². The maximum atomic E-state index is 8.90. The minimum absolute atomic E-state index is 0.365. The SMILES string of the molecule is C#CCC(O)/C=C/C=C. The minimum atomic E-state index is -0.520. The first-order valence-corrected chi connectivity index (χ1v) is 2.72. The maximum absolute atomic E-state index is 8.90. The van der Waals surface area contributed by atoms with Crippen LogP contribution in [0, 0.1) is 12.3 Å². The molecule has 0 aromatic carbocycles. The molecule has 1 atom stereocenters. The molecule has 0 aromatic heterocycles. The minimum Gasteiger partial charge on any atom is -0.388 e. The van der Waals surface area contributed by atoms with E-state index in [0.29, 0.717) is 6.42 Å². The molecule has 1 heteroatoms. The van der Waals surface area contributed by atoms with Crippen molar-refractivity contribution in [3.05, 3.63) is 24.8 Å². The number of allylic oxidation sites excluding steroid dienone is 2. The highest BCUT2D eigenvalue weighted by Crippen LogP contribution is 1.90.